The van der Waals surface area contributed by atoms with Crippen molar-refractivity contribution in [2.45, 2.75) is 4.90 Å². The zero-order valence-corrected chi connectivity index (χ0v) is 11.7. The van der Waals surface area contributed by atoms with Crippen molar-refractivity contribution in [3.05, 3.63) is 46.8 Å². The van der Waals surface area contributed by atoms with E-state index in [1.54, 1.807) is 0 Å². The summed E-state index contributed by atoms with van der Waals surface area (Å²) in [5.74, 6) is -0.0352. The molecule has 2 aromatic rings. The number of nitrogen functional groups attached to an aromatic ring is 1. The summed E-state index contributed by atoms with van der Waals surface area (Å²) in [7, 11) is -2.53. The maximum Gasteiger partial charge on any atom is 0.269 e. The van der Waals surface area contributed by atoms with Crippen molar-refractivity contribution in [1.29, 1.82) is 0 Å². The second kappa shape index (κ2) is 5.32. The molecule has 0 amide bonds. The van der Waals surface area contributed by atoms with Gasteiger partial charge < -0.3 is 5.73 Å². The number of anilines is 2. The first kappa shape index (κ1) is 14.7. The Kier molecular flexibility index (Phi) is 3.72. The van der Waals surface area contributed by atoms with E-state index in [4.69, 9.17) is 5.73 Å². The number of nitro benzene ring substituents is 1. The number of benzene rings is 1. The molecule has 0 spiro atoms. The van der Waals surface area contributed by atoms with Gasteiger partial charge in [-0.3, -0.25) is 14.4 Å². The summed E-state index contributed by atoms with van der Waals surface area (Å²) in [6.07, 6.45) is 2.19. The number of hydrogen-bond acceptors (Lipinski definition) is 7. The average Bonchev–Trinajstić information content (AvgIpc) is 2.47. The number of non-ortho nitro benzene ring substituents is 1. The molecule has 0 bridgehead atoms. The smallest absolute Gasteiger partial charge is 0.269 e. The quantitative estimate of drug-likeness (QED) is 0.652. The normalized spacial score (nSPS) is 11.1. The fourth-order valence-corrected chi connectivity index (χ4v) is 2.63. The molecule has 0 saturated carbocycles. The molecule has 110 valence electrons. The van der Waals surface area contributed by atoms with Crippen LogP contribution in [-0.4, -0.2) is 30.4 Å². The van der Waals surface area contributed by atoms with E-state index in [2.05, 4.69) is 9.97 Å². The van der Waals surface area contributed by atoms with Crippen LogP contribution in [0.5, 0.6) is 0 Å². The number of hydrogen-bond donors (Lipinski definition) is 1. The largest absolute Gasteiger partial charge is 0.368 e. The van der Waals surface area contributed by atoms with Crippen molar-refractivity contribution in [3.63, 3.8) is 0 Å². The lowest BCUT2D eigenvalue weighted by molar-refractivity contribution is -0.384. The van der Waals surface area contributed by atoms with Crippen LogP contribution >= 0.6 is 0 Å². The van der Waals surface area contributed by atoms with Crippen LogP contribution in [0.15, 0.2) is 41.6 Å². The third-order valence-electron chi connectivity index (χ3n) is 2.73. The van der Waals surface area contributed by atoms with Gasteiger partial charge in [-0.05, 0) is 12.1 Å². The Morgan fingerprint density at radius 3 is 2.19 bits per heavy atom. The van der Waals surface area contributed by atoms with E-state index in [0.717, 1.165) is 16.7 Å². The lowest BCUT2D eigenvalue weighted by Crippen LogP contribution is -2.26. The lowest BCUT2D eigenvalue weighted by atomic mass is 10.3. The van der Waals surface area contributed by atoms with Gasteiger partial charge in [0.05, 0.1) is 23.0 Å². The van der Waals surface area contributed by atoms with Crippen LogP contribution < -0.4 is 10.0 Å². The zero-order valence-electron chi connectivity index (χ0n) is 10.9. The van der Waals surface area contributed by atoms with Crippen LogP contribution in [0.3, 0.4) is 0 Å². The zero-order chi connectivity index (χ0) is 15.6. The predicted molar refractivity (Wildman–Crippen MR) is 75.1 cm³/mol. The van der Waals surface area contributed by atoms with E-state index in [-0.39, 0.29) is 22.2 Å². The van der Waals surface area contributed by atoms with Crippen LogP contribution in [0.1, 0.15) is 0 Å². The summed E-state index contributed by atoms with van der Waals surface area (Å²) in [5.41, 5.74) is 5.46. The summed E-state index contributed by atoms with van der Waals surface area (Å²) >= 11 is 0. The number of sulfonamides is 1. The number of aromatic nitrogens is 2. The Hall–Kier alpha value is -2.75. The molecule has 0 fully saturated rings. The topological polar surface area (TPSA) is 132 Å². The average molecular weight is 309 g/mol. The predicted octanol–water partition coefficient (Wildman–Crippen LogP) is 0.792. The summed E-state index contributed by atoms with van der Waals surface area (Å²) in [5, 5.41) is 10.6. The van der Waals surface area contributed by atoms with Crippen molar-refractivity contribution < 1.29 is 13.3 Å². The Labute approximate surface area is 120 Å². The fourth-order valence-electron chi connectivity index (χ4n) is 1.54. The van der Waals surface area contributed by atoms with E-state index in [0.29, 0.717) is 0 Å². The molecule has 21 heavy (non-hydrogen) atoms. The van der Waals surface area contributed by atoms with Gasteiger partial charge in [-0.15, -0.1) is 0 Å². The molecule has 2 rings (SSSR count). The second-order valence-electron chi connectivity index (χ2n) is 4.02. The van der Waals surface area contributed by atoms with Crippen molar-refractivity contribution in [2.24, 2.45) is 0 Å². The van der Waals surface area contributed by atoms with Crippen molar-refractivity contribution in [3.8, 4) is 0 Å². The van der Waals surface area contributed by atoms with Crippen molar-refractivity contribution >= 4 is 27.3 Å². The first-order chi connectivity index (χ1) is 9.82. The van der Waals surface area contributed by atoms with Gasteiger partial charge >= 0.3 is 0 Å². The van der Waals surface area contributed by atoms with Gasteiger partial charge in [0.15, 0.2) is 0 Å². The minimum atomic E-state index is -3.86. The number of nitrogens with zero attached hydrogens (tertiary/aromatic N) is 4. The first-order valence-electron chi connectivity index (χ1n) is 5.63. The Bertz CT molecular complexity index is 758. The summed E-state index contributed by atoms with van der Waals surface area (Å²) < 4.78 is 25.6. The van der Waals surface area contributed by atoms with Crippen LogP contribution in [0.4, 0.5) is 17.3 Å². The summed E-state index contributed by atoms with van der Waals surface area (Å²) in [4.78, 5) is 17.1. The first-order valence-corrected chi connectivity index (χ1v) is 7.07. The monoisotopic (exact) mass is 309 g/mol. The van der Waals surface area contributed by atoms with Gasteiger partial charge in [-0.1, -0.05) is 0 Å². The molecule has 0 unspecified atom stereocenters. The van der Waals surface area contributed by atoms with E-state index < -0.39 is 14.9 Å². The highest BCUT2D eigenvalue weighted by Gasteiger charge is 2.22. The molecule has 1 heterocycles. The Morgan fingerprint density at radius 2 is 1.71 bits per heavy atom. The van der Waals surface area contributed by atoms with Gasteiger partial charge in [0.2, 0.25) is 5.95 Å². The standard InChI is InChI=1S/C11H11N5O4S/c1-15(8-2-4-9(5-3-8)16(17)18)21(19,20)10-6-13-11(12)14-7-10/h2-7H,1H3,(H2,12,13,14). The van der Waals surface area contributed by atoms with Gasteiger partial charge in [-0.25, -0.2) is 18.4 Å². The SMILES string of the molecule is CN(c1ccc([N+](=O)[O-])cc1)S(=O)(=O)c1cnc(N)nc1. The van der Waals surface area contributed by atoms with E-state index in [1.165, 1.54) is 31.3 Å². The highest BCUT2D eigenvalue weighted by molar-refractivity contribution is 7.92. The number of nitrogens with two attached hydrogens (primary N) is 1. The molecular formula is C11H11N5O4S. The molecule has 10 heteroatoms. The molecule has 1 aromatic heterocycles. The molecule has 2 N–H and O–H groups in total. The molecule has 0 atom stereocenters. The maximum absolute atomic E-state index is 12.3. The minimum Gasteiger partial charge on any atom is -0.368 e. The van der Waals surface area contributed by atoms with Gasteiger partial charge in [0.25, 0.3) is 15.7 Å². The van der Waals surface area contributed by atoms with Crippen LogP contribution in [0, 0.1) is 10.1 Å². The van der Waals surface area contributed by atoms with Crippen LogP contribution in [-0.2, 0) is 10.0 Å². The van der Waals surface area contributed by atoms with E-state index in [9.17, 15) is 18.5 Å². The number of nitro groups is 1. The summed E-state index contributed by atoms with van der Waals surface area (Å²) in [6, 6.07) is 5.13. The second-order valence-corrected chi connectivity index (χ2v) is 5.99. The lowest BCUT2D eigenvalue weighted by Gasteiger charge is -2.18. The van der Waals surface area contributed by atoms with Gasteiger partial charge in [-0.2, -0.15) is 0 Å². The molecule has 9 nitrogen and oxygen atoms in total. The van der Waals surface area contributed by atoms with E-state index >= 15 is 0 Å². The molecule has 0 aliphatic heterocycles. The third-order valence-corrected chi connectivity index (χ3v) is 4.47. The maximum atomic E-state index is 12.3. The Balaban J connectivity index is 2.35. The molecule has 0 saturated heterocycles. The van der Waals surface area contributed by atoms with E-state index in [1.807, 2.05) is 0 Å². The molecule has 0 radical (unpaired) electrons. The molecule has 0 aliphatic carbocycles. The fraction of sp³-hybridized carbons (Fsp3) is 0.0909. The highest BCUT2D eigenvalue weighted by atomic mass is 32.2. The van der Waals surface area contributed by atoms with Crippen LogP contribution in [0.2, 0.25) is 0 Å². The van der Waals surface area contributed by atoms with Crippen molar-refractivity contribution in [1.82, 2.24) is 9.97 Å². The number of rotatable bonds is 4. The highest BCUT2D eigenvalue weighted by Crippen LogP contribution is 2.23. The minimum absolute atomic E-state index is 0.0352. The van der Waals surface area contributed by atoms with Crippen LogP contribution in [0.25, 0.3) is 0 Å². The molecular weight excluding hydrogens is 298 g/mol. The van der Waals surface area contributed by atoms with Gasteiger partial charge in [0, 0.05) is 19.2 Å². The Morgan fingerprint density at radius 1 is 1.19 bits per heavy atom. The third kappa shape index (κ3) is 2.89. The van der Waals surface area contributed by atoms with Gasteiger partial charge in [0.1, 0.15) is 4.90 Å². The molecule has 0 aliphatic rings. The van der Waals surface area contributed by atoms with Crippen molar-refractivity contribution in [2.75, 3.05) is 17.1 Å². The summed E-state index contributed by atoms with van der Waals surface area (Å²) in [6.45, 7) is 0. The molecule has 1 aromatic carbocycles.